The fraction of sp³-hybridized carbons (Fsp3) is 1.00. The number of aliphatic hydroxyl groups excluding tert-OH is 1. The summed E-state index contributed by atoms with van der Waals surface area (Å²) in [5, 5.41) is 9.59. The highest BCUT2D eigenvalue weighted by Crippen LogP contribution is 2.20. The molecule has 0 saturated carbocycles. The Bertz CT molecular complexity index is 195. The lowest BCUT2D eigenvalue weighted by molar-refractivity contribution is 0.110. The van der Waals surface area contributed by atoms with Crippen LogP contribution in [-0.4, -0.2) is 60.8 Å². The molecular formula is C14H30N2O. The molecule has 1 N–H and O–H groups in total. The zero-order valence-electron chi connectivity index (χ0n) is 11.9. The van der Waals surface area contributed by atoms with Gasteiger partial charge in [-0.05, 0) is 66.3 Å². The molecule has 0 radical (unpaired) electrons. The summed E-state index contributed by atoms with van der Waals surface area (Å²) in [7, 11) is 4.27. The van der Waals surface area contributed by atoms with E-state index in [1.807, 2.05) is 6.92 Å². The summed E-state index contributed by atoms with van der Waals surface area (Å²) in [6.45, 7) is 5.50. The van der Waals surface area contributed by atoms with Crippen molar-refractivity contribution in [1.29, 1.82) is 0 Å². The predicted octanol–water partition coefficient (Wildman–Crippen LogP) is 1.95. The van der Waals surface area contributed by atoms with Crippen LogP contribution in [0.5, 0.6) is 0 Å². The molecule has 0 aromatic heterocycles. The van der Waals surface area contributed by atoms with Crippen LogP contribution in [0.15, 0.2) is 0 Å². The fourth-order valence-corrected chi connectivity index (χ4v) is 2.78. The lowest BCUT2D eigenvalue weighted by Crippen LogP contribution is -2.38. The number of hydrogen-bond donors (Lipinski definition) is 1. The van der Waals surface area contributed by atoms with Gasteiger partial charge < -0.3 is 14.9 Å². The third kappa shape index (κ3) is 6.39. The summed E-state index contributed by atoms with van der Waals surface area (Å²) >= 11 is 0. The van der Waals surface area contributed by atoms with Crippen molar-refractivity contribution in [2.75, 3.05) is 33.7 Å². The summed E-state index contributed by atoms with van der Waals surface area (Å²) in [5.41, 5.74) is 0. The Hall–Kier alpha value is -0.120. The highest BCUT2D eigenvalue weighted by Gasteiger charge is 2.21. The number of rotatable bonds is 6. The smallest absolute Gasteiger partial charge is 0.0527 e. The third-order valence-corrected chi connectivity index (χ3v) is 3.66. The SMILES string of the molecule is CC(O)CC1CCCCCN1CCCN(C)C. The molecule has 2 unspecified atom stereocenters. The van der Waals surface area contributed by atoms with Crippen LogP contribution in [0.2, 0.25) is 0 Å². The van der Waals surface area contributed by atoms with Gasteiger partial charge >= 0.3 is 0 Å². The molecule has 1 saturated heterocycles. The molecule has 0 aliphatic carbocycles. The van der Waals surface area contributed by atoms with Crippen molar-refractivity contribution >= 4 is 0 Å². The van der Waals surface area contributed by atoms with Gasteiger partial charge in [0.05, 0.1) is 6.10 Å². The molecule has 1 aliphatic heterocycles. The highest BCUT2D eigenvalue weighted by atomic mass is 16.3. The summed E-state index contributed by atoms with van der Waals surface area (Å²) < 4.78 is 0. The van der Waals surface area contributed by atoms with E-state index in [0.29, 0.717) is 6.04 Å². The second-order valence-electron chi connectivity index (χ2n) is 5.78. The van der Waals surface area contributed by atoms with E-state index in [2.05, 4.69) is 23.9 Å². The predicted molar refractivity (Wildman–Crippen MR) is 73.3 cm³/mol. The van der Waals surface area contributed by atoms with E-state index in [9.17, 15) is 5.11 Å². The van der Waals surface area contributed by atoms with Crippen molar-refractivity contribution in [1.82, 2.24) is 9.80 Å². The van der Waals surface area contributed by atoms with Crippen LogP contribution in [0.1, 0.15) is 45.4 Å². The third-order valence-electron chi connectivity index (χ3n) is 3.66. The van der Waals surface area contributed by atoms with Gasteiger partial charge in [-0.25, -0.2) is 0 Å². The first-order chi connectivity index (χ1) is 8.09. The van der Waals surface area contributed by atoms with Gasteiger partial charge in [-0.2, -0.15) is 0 Å². The Balaban J connectivity index is 2.38. The fourth-order valence-electron chi connectivity index (χ4n) is 2.78. The molecule has 17 heavy (non-hydrogen) atoms. The van der Waals surface area contributed by atoms with Crippen LogP contribution in [-0.2, 0) is 0 Å². The molecule has 102 valence electrons. The first-order valence-corrected chi connectivity index (χ1v) is 7.16. The van der Waals surface area contributed by atoms with Crippen LogP contribution in [0, 0.1) is 0 Å². The quantitative estimate of drug-likeness (QED) is 0.771. The summed E-state index contributed by atoms with van der Waals surface area (Å²) in [6.07, 6.45) is 7.33. The van der Waals surface area contributed by atoms with Crippen LogP contribution in [0.3, 0.4) is 0 Å². The van der Waals surface area contributed by atoms with Crippen molar-refractivity contribution in [3.63, 3.8) is 0 Å². The van der Waals surface area contributed by atoms with Gasteiger partial charge in [0.1, 0.15) is 0 Å². The lowest BCUT2D eigenvalue weighted by atomic mass is 10.0. The topological polar surface area (TPSA) is 26.7 Å². The van der Waals surface area contributed by atoms with Gasteiger partial charge in [0.2, 0.25) is 0 Å². The zero-order valence-corrected chi connectivity index (χ0v) is 11.9. The minimum absolute atomic E-state index is 0.158. The molecule has 1 fully saturated rings. The van der Waals surface area contributed by atoms with E-state index in [0.717, 1.165) is 13.0 Å². The summed E-state index contributed by atoms with van der Waals surface area (Å²) in [4.78, 5) is 4.87. The minimum Gasteiger partial charge on any atom is -0.393 e. The molecule has 0 spiro atoms. The maximum absolute atomic E-state index is 9.59. The van der Waals surface area contributed by atoms with E-state index < -0.39 is 0 Å². The molecule has 3 nitrogen and oxygen atoms in total. The van der Waals surface area contributed by atoms with Crippen molar-refractivity contribution in [3.05, 3.63) is 0 Å². The van der Waals surface area contributed by atoms with Gasteiger partial charge in [0.15, 0.2) is 0 Å². The van der Waals surface area contributed by atoms with Crippen LogP contribution >= 0.6 is 0 Å². The number of aliphatic hydroxyl groups is 1. The molecule has 0 amide bonds. The Morgan fingerprint density at radius 3 is 2.71 bits per heavy atom. The van der Waals surface area contributed by atoms with Crippen molar-refractivity contribution < 1.29 is 5.11 Å². The second-order valence-corrected chi connectivity index (χ2v) is 5.78. The lowest BCUT2D eigenvalue weighted by Gasteiger charge is -2.31. The Kier molecular flexibility index (Phi) is 7.09. The Labute approximate surface area is 107 Å². The minimum atomic E-state index is -0.158. The maximum atomic E-state index is 9.59. The molecule has 0 aromatic rings. The number of nitrogens with zero attached hydrogens (tertiary/aromatic N) is 2. The summed E-state index contributed by atoms with van der Waals surface area (Å²) in [6, 6.07) is 0.611. The van der Waals surface area contributed by atoms with E-state index in [-0.39, 0.29) is 6.10 Å². The van der Waals surface area contributed by atoms with E-state index in [4.69, 9.17) is 0 Å². The molecule has 3 heteroatoms. The average molecular weight is 242 g/mol. The first kappa shape index (κ1) is 14.9. The molecule has 0 bridgehead atoms. The largest absolute Gasteiger partial charge is 0.393 e. The van der Waals surface area contributed by atoms with Crippen molar-refractivity contribution in [2.24, 2.45) is 0 Å². The Morgan fingerprint density at radius 2 is 2.06 bits per heavy atom. The first-order valence-electron chi connectivity index (χ1n) is 7.16. The maximum Gasteiger partial charge on any atom is 0.0527 e. The summed E-state index contributed by atoms with van der Waals surface area (Å²) in [5.74, 6) is 0. The van der Waals surface area contributed by atoms with Crippen LogP contribution in [0.4, 0.5) is 0 Å². The van der Waals surface area contributed by atoms with Crippen molar-refractivity contribution in [3.8, 4) is 0 Å². The molecular weight excluding hydrogens is 212 g/mol. The number of hydrogen-bond acceptors (Lipinski definition) is 3. The second kappa shape index (κ2) is 8.06. The van der Waals surface area contributed by atoms with E-state index in [1.54, 1.807) is 0 Å². The highest BCUT2D eigenvalue weighted by molar-refractivity contribution is 4.77. The number of likely N-dealkylation sites (tertiary alicyclic amines) is 1. The Morgan fingerprint density at radius 1 is 1.29 bits per heavy atom. The van der Waals surface area contributed by atoms with Crippen LogP contribution < -0.4 is 0 Å². The monoisotopic (exact) mass is 242 g/mol. The van der Waals surface area contributed by atoms with E-state index in [1.165, 1.54) is 45.2 Å². The normalized spacial score (nSPS) is 24.9. The molecule has 0 aromatic carbocycles. The molecule has 1 heterocycles. The van der Waals surface area contributed by atoms with Gasteiger partial charge in [-0.15, -0.1) is 0 Å². The van der Waals surface area contributed by atoms with Crippen LogP contribution in [0.25, 0.3) is 0 Å². The van der Waals surface area contributed by atoms with E-state index >= 15 is 0 Å². The molecule has 2 atom stereocenters. The van der Waals surface area contributed by atoms with Gasteiger partial charge in [0, 0.05) is 6.04 Å². The van der Waals surface area contributed by atoms with Gasteiger partial charge in [-0.1, -0.05) is 12.8 Å². The average Bonchev–Trinajstić information content (AvgIpc) is 2.43. The molecule has 1 aliphatic rings. The standard InChI is InChI=1S/C14H30N2O/c1-13(17)12-14-8-5-4-6-10-16(14)11-7-9-15(2)3/h13-14,17H,4-12H2,1-3H3. The van der Waals surface area contributed by atoms with Gasteiger partial charge in [0.25, 0.3) is 0 Å². The zero-order chi connectivity index (χ0) is 12.7. The van der Waals surface area contributed by atoms with Crippen molar-refractivity contribution in [2.45, 2.75) is 57.6 Å². The molecule has 1 rings (SSSR count). The van der Waals surface area contributed by atoms with Gasteiger partial charge in [-0.3, -0.25) is 0 Å².